The van der Waals surface area contributed by atoms with Gasteiger partial charge < -0.3 is 14.9 Å². The van der Waals surface area contributed by atoms with Crippen LogP contribution in [0.1, 0.15) is 13.3 Å². The van der Waals surface area contributed by atoms with E-state index in [0.717, 1.165) is 6.08 Å². The number of carbonyl (C=O) groups is 3. The largest absolute Gasteiger partial charge is 0.481 e. The standard InChI is InChI=1S/C10H14O6/c1-3-7(11)4-5-16-8(10(14)15)6(2)9(12)13/h3,6,8H,1,4-5H2,2H3,(H,12,13)(H,14,15). The fourth-order valence-electron chi connectivity index (χ4n) is 0.948. The minimum atomic E-state index is -1.45. The van der Waals surface area contributed by atoms with Gasteiger partial charge in [0.1, 0.15) is 0 Å². The van der Waals surface area contributed by atoms with E-state index in [1.807, 2.05) is 0 Å². The Morgan fingerprint density at radius 3 is 2.25 bits per heavy atom. The summed E-state index contributed by atoms with van der Waals surface area (Å²) in [4.78, 5) is 32.1. The second-order valence-corrected chi connectivity index (χ2v) is 3.18. The van der Waals surface area contributed by atoms with Crippen LogP contribution in [0.15, 0.2) is 12.7 Å². The Labute approximate surface area is 92.5 Å². The zero-order chi connectivity index (χ0) is 12.7. The van der Waals surface area contributed by atoms with Gasteiger partial charge in [-0.05, 0) is 13.0 Å². The van der Waals surface area contributed by atoms with Gasteiger partial charge in [-0.1, -0.05) is 6.58 Å². The summed E-state index contributed by atoms with van der Waals surface area (Å²) in [7, 11) is 0. The zero-order valence-electron chi connectivity index (χ0n) is 8.88. The van der Waals surface area contributed by atoms with Crippen molar-refractivity contribution in [3.8, 4) is 0 Å². The fourth-order valence-corrected chi connectivity index (χ4v) is 0.948. The lowest BCUT2D eigenvalue weighted by Gasteiger charge is -2.16. The predicted octanol–water partition coefficient (Wildman–Crippen LogP) is 0.322. The SMILES string of the molecule is C=CC(=O)CCOC(C(=O)O)C(C)C(=O)O. The maximum atomic E-state index is 10.8. The Hall–Kier alpha value is -1.69. The molecule has 0 saturated carbocycles. The van der Waals surface area contributed by atoms with Crippen molar-refractivity contribution >= 4 is 17.7 Å². The van der Waals surface area contributed by atoms with E-state index in [1.54, 1.807) is 0 Å². The minimum Gasteiger partial charge on any atom is -0.481 e. The van der Waals surface area contributed by atoms with Crippen molar-refractivity contribution in [3.05, 3.63) is 12.7 Å². The Morgan fingerprint density at radius 1 is 1.31 bits per heavy atom. The molecule has 2 atom stereocenters. The highest BCUT2D eigenvalue weighted by atomic mass is 16.5. The number of carbonyl (C=O) groups excluding carboxylic acids is 1. The summed E-state index contributed by atoms with van der Waals surface area (Å²) in [5.74, 6) is -4.08. The highest BCUT2D eigenvalue weighted by Crippen LogP contribution is 2.09. The number of hydrogen-bond acceptors (Lipinski definition) is 4. The molecule has 6 heteroatoms. The number of rotatable bonds is 8. The number of carboxylic acids is 2. The van der Waals surface area contributed by atoms with Gasteiger partial charge in [0.2, 0.25) is 0 Å². The molecule has 0 aliphatic heterocycles. The molecule has 0 rings (SSSR count). The lowest BCUT2D eigenvalue weighted by molar-refractivity contribution is -0.163. The quantitative estimate of drug-likeness (QED) is 0.582. The second-order valence-electron chi connectivity index (χ2n) is 3.18. The third-order valence-electron chi connectivity index (χ3n) is 1.96. The number of ketones is 1. The summed E-state index contributed by atoms with van der Waals surface area (Å²) < 4.78 is 4.85. The topological polar surface area (TPSA) is 101 Å². The summed E-state index contributed by atoms with van der Waals surface area (Å²) in [5, 5.41) is 17.4. The molecule has 0 bridgehead atoms. The van der Waals surface area contributed by atoms with Gasteiger partial charge in [-0.25, -0.2) is 4.79 Å². The first-order valence-electron chi connectivity index (χ1n) is 4.62. The molecule has 0 amide bonds. The highest BCUT2D eigenvalue weighted by Gasteiger charge is 2.30. The van der Waals surface area contributed by atoms with Crippen molar-refractivity contribution in [2.45, 2.75) is 19.4 Å². The number of ether oxygens (including phenoxy) is 1. The molecule has 0 radical (unpaired) electrons. The van der Waals surface area contributed by atoms with Crippen LogP contribution in [-0.4, -0.2) is 40.6 Å². The van der Waals surface area contributed by atoms with Crippen molar-refractivity contribution in [1.29, 1.82) is 0 Å². The van der Waals surface area contributed by atoms with Gasteiger partial charge in [-0.3, -0.25) is 9.59 Å². The molecule has 0 aromatic heterocycles. The van der Waals surface area contributed by atoms with Gasteiger partial charge in [0.25, 0.3) is 0 Å². The first-order chi connectivity index (χ1) is 7.40. The molecular formula is C10H14O6. The van der Waals surface area contributed by atoms with E-state index >= 15 is 0 Å². The highest BCUT2D eigenvalue weighted by molar-refractivity contribution is 5.89. The Morgan fingerprint density at radius 2 is 1.88 bits per heavy atom. The average Bonchev–Trinajstić information content (AvgIpc) is 2.22. The molecule has 0 aromatic carbocycles. The van der Waals surface area contributed by atoms with Crippen LogP contribution in [0.2, 0.25) is 0 Å². The van der Waals surface area contributed by atoms with Crippen molar-refractivity contribution in [1.82, 2.24) is 0 Å². The van der Waals surface area contributed by atoms with Gasteiger partial charge in [-0.2, -0.15) is 0 Å². The molecular weight excluding hydrogens is 216 g/mol. The fraction of sp³-hybridized carbons (Fsp3) is 0.500. The first-order valence-corrected chi connectivity index (χ1v) is 4.62. The Bertz CT molecular complexity index is 296. The number of hydrogen-bond donors (Lipinski definition) is 2. The van der Waals surface area contributed by atoms with Crippen LogP contribution in [-0.2, 0) is 19.1 Å². The molecule has 2 N–H and O–H groups in total. The third-order valence-corrected chi connectivity index (χ3v) is 1.96. The van der Waals surface area contributed by atoms with E-state index in [-0.39, 0.29) is 18.8 Å². The summed E-state index contributed by atoms with van der Waals surface area (Å²) in [6.07, 6.45) is -0.366. The lowest BCUT2D eigenvalue weighted by Crippen LogP contribution is -2.35. The van der Waals surface area contributed by atoms with Gasteiger partial charge in [0.05, 0.1) is 12.5 Å². The Kier molecular flexibility index (Phi) is 6.02. The number of carboxylic acid groups (broad SMARTS) is 2. The van der Waals surface area contributed by atoms with Crippen molar-refractivity contribution in [2.24, 2.45) is 5.92 Å². The minimum absolute atomic E-state index is 0.0143. The molecule has 6 nitrogen and oxygen atoms in total. The van der Waals surface area contributed by atoms with Crippen molar-refractivity contribution in [3.63, 3.8) is 0 Å². The van der Waals surface area contributed by atoms with E-state index < -0.39 is 24.0 Å². The van der Waals surface area contributed by atoms with E-state index in [1.165, 1.54) is 6.92 Å². The zero-order valence-corrected chi connectivity index (χ0v) is 8.88. The monoisotopic (exact) mass is 230 g/mol. The van der Waals surface area contributed by atoms with Crippen LogP contribution in [0.5, 0.6) is 0 Å². The van der Waals surface area contributed by atoms with E-state index in [0.29, 0.717) is 0 Å². The molecule has 0 aliphatic rings. The van der Waals surface area contributed by atoms with Gasteiger partial charge in [-0.15, -0.1) is 0 Å². The van der Waals surface area contributed by atoms with Crippen LogP contribution >= 0.6 is 0 Å². The molecule has 0 spiro atoms. The van der Waals surface area contributed by atoms with Crippen LogP contribution in [0.25, 0.3) is 0 Å². The summed E-state index contributed by atoms with van der Waals surface area (Å²) in [5.41, 5.74) is 0. The molecule has 90 valence electrons. The molecule has 0 fully saturated rings. The predicted molar refractivity (Wildman–Crippen MR) is 54.0 cm³/mol. The van der Waals surface area contributed by atoms with Gasteiger partial charge in [0.15, 0.2) is 11.9 Å². The van der Waals surface area contributed by atoms with E-state index in [2.05, 4.69) is 6.58 Å². The van der Waals surface area contributed by atoms with E-state index in [9.17, 15) is 14.4 Å². The van der Waals surface area contributed by atoms with Crippen molar-refractivity contribution in [2.75, 3.05) is 6.61 Å². The van der Waals surface area contributed by atoms with E-state index in [4.69, 9.17) is 14.9 Å². The summed E-state index contributed by atoms with van der Waals surface area (Å²) >= 11 is 0. The summed E-state index contributed by atoms with van der Waals surface area (Å²) in [6.45, 7) is 4.33. The van der Waals surface area contributed by atoms with Gasteiger partial charge >= 0.3 is 11.9 Å². The van der Waals surface area contributed by atoms with Crippen molar-refractivity contribution < 1.29 is 29.3 Å². The lowest BCUT2D eigenvalue weighted by atomic mass is 10.1. The van der Waals surface area contributed by atoms with Crippen LogP contribution in [0, 0.1) is 5.92 Å². The molecule has 0 aromatic rings. The maximum Gasteiger partial charge on any atom is 0.333 e. The first kappa shape index (κ1) is 14.3. The van der Waals surface area contributed by atoms with Gasteiger partial charge in [0, 0.05) is 6.42 Å². The number of aliphatic carboxylic acids is 2. The summed E-state index contributed by atoms with van der Waals surface area (Å²) in [6, 6.07) is 0. The second kappa shape index (κ2) is 6.73. The Balaban J connectivity index is 4.25. The normalized spacial score (nSPS) is 13.8. The maximum absolute atomic E-state index is 10.8. The molecule has 16 heavy (non-hydrogen) atoms. The molecule has 0 heterocycles. The van der Waals surface area contributed by atoms with Crippen LogP contribution in [0.4, 0.5) is 0 Å². The third kappa shape index (κ3) is 4.70. The van der Waals surface area contributed by atoms with Crippen LogP contribution in [0.3, 0.4) is 0 Å². The number of allylic oxidation sites excluding steroid dienone is 1. The molecule has 0 aliphatic carbocycles. The van der Waals surface area contributed by atoms with Crippen LogP contribution < -0.4 is 0 Å². The molecule has 2 unspecified atom stereocenters. The molecule has 0 saturated heterocycles. The average molecular weight is 230 g/mol. The smallest absolute Gasteiger partial charge is 0.333 e.